The Balaban J connectivity index is 2.16. The van der Waals surface area contributed by atoms with Gasteiger partial charge < -0.3 is 20.1 Å². The van der Waals surface area contributed by atoms with Gasteiger partial charge in [0.2, 0.25) is 0 Å². The molecule has 134 valence electrons. The van der Waals surface area contributed by atoms with Crippen molar-refractivity contribution in [3.63, 3.8) is 0 Å². The summed E-state index contributed by atoms with van der Waals surface area (Å²) in [5.74, 6) is -0.344. The molecule has 2 N–H and O–H groups in total. The number of halogens is 1. The first-order valence-electron chi connectivity index (χ1n) is 8.37. The highest BCUT2D eigenvalue weighted by atomic mass is 19.1. The van der Waals surface area contributed by atoms with E-state index in [0.29, 0.717) is 31.5 Å². The lowest BCUT2D eigenvalue weighted by molar-refractivity contribution is 0.0508. The van der Waals surface area contributed by atoms with Crippen LogP contribution in [0.4, 0.5) is 14.9 Å². The maximum atomic E-state index is 13.7. The van der Waals surface area contributed by atoms with Crippen molar-refractivity contribution in [1.82, 2.24) is 5.32 Å². The number of carbonyl (C=O) groups excluding carboxylic acids is 1. The molecular weight excluding hydrogens is 311 g/mol. The zero-order chi connectivity index (χ0) is 17.9. The number of alkyl carbamates (subject to hydrolysis) is 1. The van der Waals surface area contributed by atoms with Crippen molar-refractivity contribution in [1.29, 1.82) is 0 Å². The van der Waals surface area contributed by atoms with Crippen molar-refractivity contribution < 1.29 is 19.0 Å². The summed E-state index contributed by atoms with van der Waals surface area (Å²) >= 11 is 0. The van der Waals surface area contributed by atoms with E-state index in [-0.39, 0.29) is 11.9 Å². The Morgan fingerprint density at radius 3 is 2.58 bits per heavy atom. The molecule has 24 heavy (non-hydrogen) atoms. The number of benzene rings is 1. The number of ether oxygens (including phenoxy) is 1. The number of aliphatic hydroxyl groups excluding tert-OH is 1. The van der Waals surface area contributed by atoms with Gasteiger partial charge in [0.05, 0.1) is 12.1 Å². The molecule has 1 aromatic carbocycles. The molecule has 1 atom stereocenters. The highest BCUT2D eigenvalue weighted by molar-refractivity contribution is 5.69. The fourth-order valence-electron chi connectivity index (χ4n) is 2.83. The van der Waals surface area contributed by atoms with Crippen LogP contribution < -0.4 is 10.2 Å². The van der Waals surface area contributed by atoms with Crippen LogP contribution in [0.2, 0.25) is 0 Å². The summed E-state index contributed by atoms with van der Waals surface area (Å²) in [6, 6.07) is 4.21. The lowest BCUT2D eigenvalue weighted by atomic mass is 10.0. The van der Waals surface area contributed by atoms with Crippen molar-refractivity contribution in [2.24, 2.45) is 0 Å². The van der Waals surface area contributed by atoms with Crippen LogP contribution in [-0.4, -0.2) is 36.0 Å². The molecule has 0 spiro atoms. The van der Waals surface area contributed by atoms with Crippen molar-refractivity contribution in [2.75, 3.05) is 18.0 Å². The fraction of sp³-hybridized carbons (Fsp3) is 0.611. The third-order valence-electron chi connectivity index (χ3n) is 3.99. The second-order valence-corrected chi connectivity index (χ2v) is 7.29. The average molecular weight is 338 g/mol. The first-order valence-corrected chi connectivity index (χ1v) is 8.37. The van der Waals surface area contributed by atoms with Gasteiger partial charge in [-0.1, -0.05) is 0 Å². The number of anilines is 1. The zero-order valence-electron chi connectivity index (χ0n) is 14.8. The fourth-order valence-corrected chi connectivity index (χ4v) is 2.83. The van der Waals surface area contributed by atoms with Crippen molar-refractivity contribution in [2.45, 2.75) is 58.3 Å². The standard InChI is InChI=1S/C18H27FN2O3/c1-12(20-17(23)24-18(2,3)4)15-11-13(19)5-6-16(15)21-9-7-14(22)8-10-21/h5-6,11-12,14,22H,7-10H2,1-4H3,(H,20,23)/t12-/m1/s1. The van der Waals surface area contributed by atoms with Crippen molar-refractivity contribution in [3.05, 3.63) is 29.6 Å². The molecule has 1 amide bonds. The normalized spacial score (nSPS) is 17.5. The number of hydrogen-bond acceptors (Lipinski definition) is 4. The van der Waals surface area contributed by atoms with Gasteiger partial charge in [0.1, 0.15) is 11.4 Å². The van der Waals surface area contributed by atoms with Gasteiger partial charge in [-0.05, 0) is 58.7 Å². The second kappa shape index (κ2) is 7.38. The molecule has 0 saturated carbocycles. The highest BCUT2D eigenvalue weighted by Gasteiger charge is 2.24. The quantitative estimate of drug-likeness (QED) is 0.887. The molecule has 5 nitrogen and oxygen atoms in total. The first kappa shape index (κ1) is 18.5. The van der Waals surface area contributed by atoms with E-state index >= 15 is 0 Å². The molecule has 0 aromatic heterocycles. The summed E-state index contributed by atoms with van der Waals surface area (Å²) in [6.07, 6.45) is 0.566. The minimum atomic E-state index is -0.586. The van der Waals surface area contributed by atoms with Gasteiger partial charge in [0.15, 0.2) is 0 Å². The van der Waals surface area contributed by atoms with E-state index in [1.165, 1.54) is 12.1 Å². The number of piperidine rings is 1. The maximum Gasteiger partial charge on any atom is 0.408 e. The molecular formula is C18H27FN2O3. The van der Waals surface area contributed by atoms with E-state index in [0.717, 1.165) is 5.69 Å². The topological polar surface area (TPSA) is 61.8 Å². The van der Waals surface area contributed by atoms with E-state index in [2.05, 4.69) is 10.2 Å². The molecule has 1 aliphatic heterocycles. The van der Waals surface area contributed by atoms with Gasteiger partial charge >= 0.3 is 6.09 Å². The molecule has 0 aliphatic carbocycles. The average Bonchev–Trinajstić information content (AvgIpc) is 2.46. The number of aliphatic hydroxyl groups is 1. The number of amides is 1. The molecule has 2 rings (SSSR count). The van der Waals surface area contributed by atoms with Gasteiger partial charge in [0, 0.05) is 24.3 Å². The lowest BCUT2D eigenvalue weighted by Crippen LogP contribution is -2.38. The van der Waals surface area contributed by atoms with E-state index in [1.54, 1.807) is 33.8 Å². The molecule has 6 heteroatoms. The van der Waals surface area contributed by atoms with Crippen LogP contribution in [0.3, 0.4) is 0 Å². The van der Waals surface area contributed by atoms with Crippen molar-refractivity contribution >= 4 is 11.8 Å². The SMILES string of the molecule is C[C@@H](NC(=O)OC(C)(C)C)c1cc(F)ccc1N1CCC(O)CC1. The van der Waals surface area contributed by atoms with Crippen LogP contribution >= 0.6 is 0 Å². The summed E-state index contributed by atoms with van der Waals surface area (Å²) in [5, 5.41) is 12.4. The van der Waals surface area contributed by atoms with Crippen LogP contribution in [0, 0.1) is 5.82 Å². The lowest BCUT2D eigenvalue weighted by Gasteiger charge is -2.34. The minimum absolute atomic E-state index is 0.275. The molecule has 1 aliphatic rings. The number of carbonyl (C=O) groups is 1. The van der Waals surface area contributed by atoms with Gasteiger partial charge in [-0.15, -0.1) is 0 Å². The minimum Gasteiger partial charge on any atom is -0.444 e. The maximum absolute atomic E-state index is 13.7. The van der Waals surface area contributed by atoms with E-state index in [9.17, 15) is 14.3 Å². The van der Waals surface area contributed by atoms with Crippen LogP contribution in [0.15, 0.2) is 18.2 Å². The first-order chi connectivity index (χ1) is 11.2. The molecule has 0 bridgehead atoms. The summed E-state index contributed by atoms with van der Waals surface area (Å²) in [6.45, 7) is 8.61. The van der Waals surface area contributed by atoms with Gasteiger partial charge in [-0.25, -0.2) is 9.18 Å². The molecule has 1 heterocycles. The Kier molecular flexibility index (Phi) is 5.70. The second-order valence-electron chi connectivity index (χ2n) is 7.29. The number of rotatable bonds is 3. The van der Waals surface area contributed by atoms with Crippen molar-refractivity contribution in [3.8, 4) is 0 Å². The Labute approximate surface area is 142 Å². The van der Waals surface area contributed by atoms with Gasteiger partial charge in [0.25, 0.3) is 0 Å². The summed E-state index contributed by atoms with van der Waals surface area (Å²) in [4.78, 5) is 14.1. The summed E-state index contributed by atoms with van der Waals surface area (Å²) < 4.78 is 19.0. The predicted molar refractivity (Wildman–Crippen MR) is 91.6 cm³/mol. The number of nitrogens with zero attached hydrogens (tertiary/aromatic N) is 1. The molecule has 1 saturated heterocycles. The molecule has 0 radical (unpaired) electrons. The Morgan fingerprint density at radius 1 is 1.38 bits per heavy atom. The molecule has 0 unspecified atom stereocenters. The van der Waals surface area contributed by atoms with E-state index in [1.807, 2.05) is 0 Å². The Bertz CT molecular complexity index is 578. The Hall–Kier alpha value is -1.82. The molecule has 1 fully saturated rings. The number of hydrogen-bond donors (Lipinski definition) is 2. The monoisotopic (exact) mass is 338 g/mol. The highest BCUT2D eigenvalue weighted by Crippen LogP contribution is 2.30. The van der Waals surface area contributed by atoms with E-state index < -0.39 is 17.7 Å². The third-order valence-corrected chi connectivity index (χ3v) is 3.99. The molecule has 1 aromatic rings. The van der Waals surface area contributed by atoms with Crippen LogP contribution in [0.1, 0.15) is 52.1 Å². The van der Waals surface area contributed by atoms with Gasteiger partial charge in [-0.3, -0.25) is 0 Å². The zero-order valence-corrected chi connectivity index (χ0v) is 14.8. The Morgan fingerprint density at radius 2 is 2.00 bits per heavy atom. The summed E-state index contributed by atoms with van der Waals surface area (Å²) in [7, 11) is 0. The van der Waals surface area contributed by atoms with E-state index in [4.69, 9.17) is 4.74 Å². The smallest absolute Gasteiger partial charge is 0.408 e. The summed E-state index contributed by atoms with van der Waals surface area (Å²) in [5.41, 5.74) is 1.00. The number of nitrogens with one attached hydrogen (secondary N) is 1. The van der Waals surface area contributed by atoms with Crippen LogP contribution in [0.25, 0.3) is 0 Å². The third kappa shape index (κ3) is 5.09. The van der Waals surface area contributed by atoms with Crippen LogP contribution in [-0.2, 0) is 4.74 Å². The predicted octanol–water partition coefficient (Wildman–Crippen LogP) is 3.37. The van der Waals surface area contributed by atoms with Gasteiger partial charge in [-0.2, -0.15) is 0 Å². The van der Waals surface area contributed by atoms with Crippen LogP contribution in [0.5, 0.6) is 0 Å². The largest absolute Gasteiger partial charge is 0.444 e.